The zero-order valence-electron chi connectivity index (χ0n) is 18.5. The zero-order valence-corrected chi connectivity index (χ0v) is 18.5. The smallest absolute Gasteiger partial charge is 0.129 e. The minimum atomic E-state index is -0.963. The van der Waals surface area contributed by atoms with E-state index in [-0.39, 0.29) is 0 Å². The first-order valence-corrected chi connectivity index (χ1v) is 11.1. The van der Waals surface area contributed by atoms with Crippen molar-refractivity contribution in [2.24, 2.45) is 5.73 Å². The van der Waals surface area contributed by atoms with Crippen molar-refractivity contribution in [3.63, 3.8) is 0 Å². The summed E-state index contributed by atoms with van der Waals surface area (Å²) in [4.78, 5) is 7.19. The molecule has 0 aromatic carbocycles. The first kappa shape index (κ1) is 22.4. The molecule has 2 heterocycles. The molecule has 0 spiro atoms. The highest BCUT2D eigenvalue weighted by molar-refractivity contribution is 5.75. The maximum absolute atomic E-state index is 10.7. The first-order chi connectivity index (χ1) is 14.4. The Kier molecular flexibility index (Phi) is 7.56. The normalized spacial score (nSPS) is 19.6. The van der Waals surface area contributed by atoms with Crippen molar-refractivity contribution in [2.75, 3.05) is 31.1 Å². The Labute approximate surface area is 180 Å². The van der Waals surface area contributed by atoms with Crippen LogP contribution in [-0.4, -0.2) is 42.3 Å². The van der Waals surface area contributed by atoms with Gasteiger partial charge in [-0.05, 0) is 50.5 Å². The summed E-state index contributed by atoms with van der Waals surface area (Å²) < 4.78 is 0. The van der Waals surface area contributed by atoms with Crippen LogP contribution in [0.4, 0.5) is 5.82 Å². The Morgan fingerprint density at radius 3 is 2.60 bits per heavy atom. The molecule has 1 aromatic rings. The predicted octanol–water partition coefficient (Wildman–Crippen LogP) is 3.01. The first-order valence-electron chi connectivity index (χ1n) is 11.1. The fourth-order valence-corrected chi connectivity index (χ4v) is 4.10. The van der Waals surface area contributed by atoms with E-state index in [0.717, 1.165) is 61.7 Å². The number of nitrogens with zero attached hydrogens (tertiary/aromatic N) is 2. The second-order valence-corrected chi connectivity index (χ2v) is 8.83. The summed E-state index contributed by atoms with van der Waals surface area (Å²) in [7, 11) is 0. The molecular formula is C24H37N5O. The maximum atomic E-state index is 10.7. The summed E-state index contributed by atoms with van der Waals surface area (Å²) in [5, 5.41) is 17.5. The molecule has 3 rings (SSSR count). The number of nitrogens with two attached hydrogens (primary N) is 1. The van der Waals surface area contributed by atoms with Crippen LogP contribution in [0.3, 0.4) is 0 Å². The van der Waals surface area contributed by atoms with Crippen molar-refractivity contribution in [3.05, 3.63) is 54.0 Å². The van der Waals surface area contributed by atoms with E-state index < -0.39 is 5.60 Å². The molecule has 30 heavy (non-hydrogen) atoms. The molecule has 2 aliphatic rings. The van der Waals surface area contributed by atoms with Crippen molar-refractivity contribution in [2.45, 2.75) is 57.6 Å². The van der Waals surface area contributed by atoms with E-state index in [2.05, 4.69) is 22.1 Å². The number of nitrogens with one attached hydrogen (secondary N) is 2. The molecule has 164 valence electrons. The number of pyridine rings is 1. The lowest BCUT2D eigenvalue weighted by Gasteiger charge is -2.30. The molecule has 1 aromatic heterocycles. The van der Waals surface area contributed by atoms with E-state index in [4.69, 9.17) is 10.7 Å². The largest absolute Gasteiger partial charge is 0.386 e. The molecule has 1 aliphatic carbocycles. The SMILES string of the molecule is C=C/C=C(\C=C(/N)NC1CCCCC1)c1cc(C(C)(C)O)cc(N2CCNCC2)n1. The predicted molar refractivity (Wildman–Crippen MR) is 125 cm³/mol. The molecule has 2 fully saturated rings. The highest BCUT2D eigenvalue weighted by atomic mass is 16.3. The van der Waals surface area contributed by atoms with Gasteiger partial charge in [0.15, 0.2) is 0 Å². The third-order valence-corrected chi connectivity index (χ3v) is 5.84. The molecule has 5 N–H and O–H groups in total. The summed E-state index contributed by atoms with van der Waals surface area (Å²) in [6, 6.07) is 4.38. The van der Waals surface area contributed by atoms with Gasteiger partial charge in [-0.3, -0.25) is 0 Å². The average molecular weight is 412 g/mol. The lowest BCUT2D eigenvalue weighted by Crippen LogP contribution is -2.44. The lowest BCUT2D eigenvalue weighted by atomic mass is 9.95. The van der Waals surface area contributed by atoms with E-state index in [1.807, 2.05) is 24.3 Å². The van der Waals surface area contributed by atoms with Gasteiger partial charge in [-0.25, -0.2) is 4.98 Å². The van der Waals surface area contributed by atoms with Gasteiger partial charge in [0.1, 0.15) is 5.82 Å². The highest BCUT2D eigenvalue weighted by Gasteiger charge is 2.22. The van der Waals surface area contributed by atoms with Crippen molar-refractivity contribution in [1.29, 1.82) is 0 Å². The summed E-state index contributed by atoms with van der Waals surface area (Å²) in [5.74, 6) is 1.53. The zero-order chi connectivity index (χ0) is 21.6. The van der Waals surface area contributed by atoms with Gasteiger partial charge < -0.3 is 26.4 Å². The molecule has 0 amide bonds. The van der Waals surface area contributed by atoms with E-state index in [9.17, 15) is 5.11 Å². The summed E-state index contributed by atoms with van der Waals surface area (Å²) in [6.45, 7) is 11.1. The van der Waals surface area contributed by atoms with Crippen molar-refractivity contribution in [3.8, 4) is 0 Å². The van der Waals surface area contributed by atoms with Gasteiger partial charge in [0.2, 0.25) is 0 Å². The second-order valence-electron chi connectivity index (χ2n) is 8.83. The van der Waals surface area contributed by atoms with Crippen LogP contribution < -0.4 is 21.3 Å². The second kappa shape index (κ2) is 10.1. The lowest BCUT2D eigenvalue weighted by molar-refractivity contribution is 0.0785. The van der Waals surface area contributed by atoms with Crippen molar-refractivity contribution in [1.82, 2.24) is 15.6 Å². The monoisotopic (exact) mass is 411 g/mol. The highest BCUT2D eigenvalue weighted by Crippen LogP contribution is 2.28. The quantitative estimate of drug-likeness (QED) is 0.516. The Morgan fingerprint density at radius 2 is 1.97 bits per heavy atom. The average Bonchev–Trinajstić information content (AvgIpc) is 2.74. The molecule has 1 saturated heterocycles. The van der Waals surface area contributed by atoms with Crippen molar-refractivity contribution < 1.29 is 5.11 Å². The van der Waals surface area contributed by atoms with E-state index in [1.165, 1.54) is 19.3 Å². The Hall–Kier alpha value is -2.31. The number of rotatable bonds is 7. The number of hydrogen-bond acceptors (Lipinski definition) is 6. The van der Waals surface area contributed by atoms with Crippen LogP contribution in [0.25, 0.3) is 5.57 Å². The number of aliphatic hydroxyl groups is 1. The van der Waals surface area contributed by atoms with Gasteiger partial charge in [-0.2, -0.15) is 0 Å². The molecule has 6 nitrogen and oxygen atoms in total. The van der Waals surface area contributed by atoms with Gasteiger partial charge in [-0.15, -0.1) is 0 Å². The molecule has 0 bridgehead atoms. The number of hydrogen-bond donors (Lipinski definition) is 4. The van der Waals surface area contributed by atoms with Gasteiger partial charge in [0.05, 0.1) is 17.1 Å². The molecule has 0 unspecified atom stereocenters. The maximum Gasteiger partial charge on any atom is 0.129 e. The van der Waals surface area contributed by atoms with Crippen LogP contribution in [0.2, 0.25) is 0 Å². The van der Waals surface area contributed by atoms with Crippen molar-refractivity contribution >= 4 is 11.4 Å². The summed E-state index contributed by atoms with van der Waals surface area (Å²) >= 11 is 0. The number of piperazine rings is 1. The van der Waals surface area contributed by atoms with Crippen LogP contribution in [-0.2, 0) is 5.60 Å². The fourth-order valence-electron chi connectivity index (χ4n) is 4.10. The van der Waals surface area contributed by atoms with Gasteiger partial charge >= 0.3 is 0 Å². The van der Waals surface area contributed by atoms with Gasteiger partial charge in [0, 0.05) is 37.8 Å². The van der Waals surface area contributed by atoms with Crippen LogP contribution in [0.5, 0.6) is 0 Å². The number of anilines is 1. The fraction of sp³-hybridized carbons (Fsp3) is 0.542. The third kappa shape index (κ3) is 6.09. The number of aromatic nitrogens is 1. The van der Waals surface area contributed by atoms with Crippen LogP contribution in [0, 0.1) is 0 Å². The van der Waals surface area contributed by atoms with Crippen LogP contribution in [0.15, 0.2) is 42.8 Å². The van der Waals surface area contributed by atoms with Gasteiger partial charge in [-0.1, -0.05) is 38.0 Å². The Morgan fingerprint density at radius 1 is 1.27 bits per heavy atom. The third-order valence-electron chi connectivity index (χ3n) is 5.84. The molecule has 0 radical (unpaired) electrons. The molecular weight excluding hydrogens is 374 g/mol. The topological polar surface area (TPSA) is 86.4 Å². The number of allylic oxidation sites excluding steroid dienone is 4. The standard InChI is InChI=1S/C24H37N5O/c1-4-8-18(15-22(25)27-20-9-6-5-7-10-20)21-16-19(24(2,3)30)17-23(28-21)29-13-11-26-12-14-29/h4,8,15-17,20,26-27,30H,1,5-7,9-14,25H2,2-3H3/b18-8+,22-15+. The molecule has 1 aliphatic heterocycles. The summed E-state index contributed by atoms with van der Waals surface area (Å²) in [6.07, 6.45) is 11.8. The molecule has 0 atom stereocenters. The van der Waals surface area contributed by atoms with Gasteiger partial charge in [0.25, 0.3) is 0 Å². The summed E-state index contributed by atoms with van der Waals surface area (Å²) in [5.41, 5.74) is 7.90. The minimum absolute atomic E-state index is 0.437. The van der Waals surface area contributed by atoms with Crippen LogP contribution >= 0.6 is 0 Å². The van der Waals surface area contributed by atoms with E-state index >= 15 is 0 Å². The molecule has 1 saturated carbocycles. The Bertz CT molecular complexity index is 781. The minimum Gasteiger partial charge on any atom is -0.386 e. The van der Waals surface area contributed by atoms with Crippen LogP contribution in [0.1, 0.15) is 57.2 Å². The van der Waals surface area contributed by atoms with E-state index in [0.29, 0.717) is 11.9 Å². The Balaban J connectivity index is 1.93. The molecule has 6 heteroatoms. The van der Waals surface area contributed by atoms with E-state index in [1.54, 1.807) is 19.9 Å².